The summed E-state index contributed by atoms with van der Waals surface area (Å²) >= 11 is 0. The maximum atomic E-state index is 12.9. The minimum Gasteiger partial charge on any atom is -0.512 e. The second kappa shape index (κ2) is 17.1. The molecule has 0 aliphatic heterocycles. The van der Waals surface area contributed by atoms with E-state index in [4.69, 9.17) is 10.2 Å². The molecule has 0 bridgehead atoms. The zero-order chi connectivity index (χ0) is 44.3. The zero-order valence-corrected chi connectivity index (χ0v) is 38.8. The molecule has 0 saturated carbocycles. The van der Waals surface area contributed by atoms with E-state index < -0.39 is 0 Å². The van der Waals surface area contributed by atoms with Gasteiger partial charge in [-0.3, -0.25) is 13.8 Å². The van der Waals surface area contributed by atoms with Crippen molar-refractivity contribution in [3.63, 3.8) is 0 Å². The van der Waals surface area contributed by atoms with Crippen LogP contribution in [0.25, 0.3) is 110 Å². The third kappa shape index (κ3) is 7.30. The Bertz CT molecular complexity index is 3740. The van der Waals surface area contributed by atoms with Gasteiger partial charge in [-0.25, -0.2) is 0 Å². The molecule has 12 aromatic rings. The van der Waals surface area contributed by atoms with Gasteiger partial charge in [0.1, 0.15) is 0 Å². The van der Waals surface area contributed by atoms with Crippen LogP contribution in [0.3, 0.4) is 0 Å². The number of carbonyl (C=O) groups is 1. The molecular weight excluding hydrogens is 1000 g/mol. The summed E-state index contributed by atoms with van der Waals surface area (Å²) in [5, 5.41) is 26.0. The first-order valence-electron chi connectivity index (χ1n) is 22.2. The minimum atomic E-state index is -0.108. The number of hydrogen-bond acceptors (Lipinski definition) is 4. The number of aliphatic hydroxyl groups excluding tert-OH is 1. The molecule has 1 radical (unpaired) electrons. The number of hydrogen-bond donors (Lipinski definition) is 1. The number of fused-ring (bicyclic) bond motifs is 12. The first-order chi connectivity index (χ1) is 32.5. The number of allylic oxidation sites excluding steroid dienone is 2. The summed E-state index contributed by atoms with van der Waals surface area (Å²) < 4.78 is 3.97. The molecular formula is C60H40IrN4O2-2. The van der Waals surface area contributed by atoms with Crippen LogP contribution in [0.4, 0.5) is 0 Å². The molecule has 1 N–H and O–H groups in total. The maximum absolute atomic E-state index is 12.9. The van der Waals surface area contributed by atoms with Crippen molar-refractivity contribution in [2.75, 3.05) is 0 Å². The molecule has 0 aliphatic rings. The minimum absolute atomic E-state index is 0. The number of carbonyl (C=O) groups excluding carboxylic acids is 1. The number of benzene rings is 8. The van der Waals surface area contributed by atoms with Crippen molar-refractivity contribution in [3.8, 4) is 55.6 Å². The first kappa shape index (κ1) is 41.7. The molecule has 0 saturated heterocycles. The van der Waals surface area contributed by atoms with Gasteiger partial charge in [0.25, 0.3) is 0 Å². The summed E-state index contributed by atoms with van der Waals surface area (Å²) in [6.45, 7) is 1.53. The van der Waals surface area contributed by atoms with Crippen molar-refractivity contribution in [1.82, 2.24) is 19.2 Å². The van der Waals surface area contributed by atoms with E-state index in [0.29, 0.717) is 6.42 Å². The fourth-order valence-corrected chi connectivity index (χ4v) is 9.95. The van der Waals surface area contributed by atoms with Crippen LogP contribution in [0.15, 0.2) is 200 Å². The molecule has 67 heavy (non-hydrogen) atoms. The Morgan fingerprint density at radius 3 is 1.39 bits per heavy atom. The molecule has 323 valence electrons. The van der Waals surface area contributed by atoms with Gasteiger partial charge >= 0.3 is 0 Å². The summed E-state index contributed by atoms with van der Waals surface area (Å²) in [6.07, 6.45) is 5.82. The van der Waals surface area contributed by atoms with E-state index in [2.05, 4.69) is 182 Å². The molecule has 12 rings (SSSR count). The van der Waals surface area contributed by atoms with Crippen molar-refractivity contribution in [2.45, 2.75) is 19.8 Å². The Kier molecular flexibility index (Phi) is 10.7. The Balaban J connectivity index is 0.00000494. The number of ketones is 1. The molecule has 8 aromatic carbocycles. The normalized spacial score (nSPS) is 11.9. The van der Waals surface area contributed by atoms with Crippen molar-refractivity contribution in [2.24, 2.45) is 0 Å². The average Bonchev–Trinajstić information content (AvgIpc) is 4.08. The zero-order valence-electron chi connectivity index (χ0n) is 36.4. The maximum Gasteiger partial charge on any atom is 0.159 e. The summed E-state index contributed by atoms with van der Waals surface area (Å²) in [5.41, 5.74) is 15.7. The monoisotopic (exact) mass is 1040 g/mol. The van der Waals surface area contributed by atoms with Crippen LogP contribution < -0.4 is 0 Å². The van der Waals surface area contributed by atoms with E-state index in [-0.39, 0.29) is 38.1 Å². The predicted molar refractivity (Wildman–Crippen MR) is 269 cm³/mol. The summed E-state index contributed by atoms with van der Waals surface area (Å²) in [7, 11) is 0. The van der Waals surface area contributed by atoms with Gasteiger partial charge in [-0.1, -0.05) is 143 Å². The van der Waals surface area contributed by atoms with E-state index in [1.807, 2.05) is 27.5 Å². The third-order valence-electron chi connectivity index (χ3n) is 12.9. The fourth-order valence-electron chi connectivity index (χ4n) is 9.95. The van der Waals surface area contributed by atoms with E-state index >= 15 is 0 Å². The van der Waals surface area contributed by atoms with Gasteiger partial charge in [0, 0.05) is 45.0 Å². The molecule has 0 aliphatic carbocycles. The van der Waals surface area contributed by atoms with Crippen LogP contribution in [-0.4, -0.2) is 30.1 Å². The number of aromatic nitrogens is 4. The molecule has 6 nitrogen and oxygen atoms in total. The molecule has 0 fully saturated rings. The molecule has 7 heteroatoms. The van der Waals surface area contributed by atoms with Crippen molar-refractivity contribution in [3.05, 3.63) is 218 Å². The molecule has 4 aromatic heterocycles. The Morgan fingerprint density at radius 2 is 0.910 bits per heavy atom. The number of nitrogens with zero attached hydrogens (tertiary/aromatic N) is 4. The van der Waals surface area contributed by atoms with E-state index in [9.17, 15) is 9.90 Å². The molecule has 0 atom stereocenters. The van der Waals surface area contributed by atoms with Crippen molar-refractivity contribution >= 4 is 60.2 Å². The SMILES string of the molecule is C/C(O)=C/C(=O)CCc1ccccc1-c1cc(-c2ccccc2-c2c[c-]c3c(c2)c2ccccc2c2ccnn32)cc(-c2ccccc2-c2c[c-]c3c(c2)c2ccccc2c2ccnn32)c1.[Ir]. The third-order valence-corrected chi connectivity index (χ3v) is 12.9. The van der Waals surface area contributed by atoms with Gasteiger partial charge in [0.15, 0.2) is 5.78 Å². The van der Waals surface area contributed by atoms with Crippen molar-refractivity contribution in [1.29, 1.82) is 0 Å². The molecule has 4 heterocycles. The van der Waals surface area contributed by atoms with E-state index in [0.717, 1.165) is 116 Å². The largest absolute Gasteiger partial charge is 0.512 e. The second-order valence-electron chi connectivity index (χ2n) is 16.9. The van der Waals surface area contributed by atoms with Crippen molar-refractivity contribution < 1.29 is 30.0 Å². The molecule has 0 unspecified atom stereocenters. The first-order valence-corrected chi connectivity index (χ1v) is 22.2. The fraction of sp³-hybridized carbons (Fsp3) is 0.0500. The Labute approximate surface area is 400 Å². The summed E-state index contributed by atoms with van der Waals surface area (Å²) in [5.74, 6) is -0.0923. The topological polar surface area (TPSA) is 71.9 Å². The number of aryl methyl sites for hydroxylation is 1. The van der Waals surface area contributed by atoms with Crippen LogP contribution >= 0.6 is 0 Å². The van der Waals surface area contributed by atoms with Crippen LogP contribution in [-0.2, 0) is 31.3 Å². The van der Waals surface area contributed by atoms with Crippen LogP contribution in [0, 0.1) is 12.1 Å². The van der Waals surface area contributed by atoms with Gasteiger partial charge in [-0.15, -0.1) is 21.9 Å². The van der Waals surface area contributed by atoms with Crippen LogP contribution in [0.2, 0.25) is 0 Å². The summed E-state index contributed by atoms with van der Waals surface area (Å²) in [4.78, 5) is 12.9. The Hall–Kier alpha value is -7.96. The number of pyridine rings is 2. The molecule has 0 spiro atoms. The molecule has 0 amide bonds. The Morgan fingerprint density at radius 1 is 0.507 bits per heavy atom. The average molecular weight is 1040 g/mol. The van der Waals surface area contributed by atoms with Gasteiger partial charge in [0.2, 0.25) is 0 Å². The van der Waals surface area contributed by atoms with Gasteiger partial charge in [-0.2, -0.15) is 46.6 Å². The van der Waals surface area contributed by atoms with Crippen LogP contribution in [0.1, 0.15) is 18.9 Å². The van der Waals surface area contributed by atoms with Gasteiger partial charge in [0.05, 0.1) is 16.8 Å². The standard InChI is InChI=1S/C60H40N4O2.Ir/c1-38(65)32-45(66)25-22-39-12-2-3-13-46(39)42-33-43(49-16-6-4-14-47(49)40-23-26-57-55(36-40)51-18-8-10-20-53(51)59-28-30-61-63(57)59)35-44(34-42)50-17-7-5-15-48(50)41-24-27-58-56(37-41)52-19-9-11-21-54(52)60-29-31-62-64(58)60;/h2-21,23-24,28-37,65H,22,25H2,1H3;/q-2;/b38-32-;. The number of aliphatic hydroxyl groups is 1. The van der Waals surface area contributed by atoms with E-state index in [1.165, 1.54) is 13.0 Å². The smallest absolute Gasteiger partial charge is 0.159 e. The second-order valence-corrected chi connectivity index (χ2v) is 16.9. The van der Waals surface area contributed by atoms with Gasteiger partial charge < -0.3 is 5.11 Å². The predicted octanol–water partition coefficient (Wildman–Crippen LogP) is 14.5. The quantitative estimate of drug-likeness (QED) is 0.0677. The van der Waals surface area contributed by atoms with Gasteiger partial charge in [-0.05, 0) is 104 Å². The summed E-state index contributed by atoms with van der Waals surface area (Å²) in [6, 6.07) is 69.6. The number of rotatable bonds is 9. The van der Waals surface area contributed by atoms with E-state index in [1.54, 1.807) is 0 Å². The van der Waals surface area contributed by atoms with Crippen LogP contribution in [0.5, 0.6) is 0 Å².